The van der Waals surface area contributed by atoms with Crippen molar-refractivity contribution in [1.29, 1.82) is 0 Å². The minimum atomic E-state index is -0.542. The van der Waals surface area contributed by atoms with Crippen molar-refractivity contribution in [3.05, 3.63) is 33.3 Å². The van der Waals surface area contributed by atoms with Crippen molar-refractivity contribution in [2.45, 2.75) is 51.7 Å². The van der Waals surface area contributed by atoms with E-state index in [1.807, 2.05) is 18.2 Å². The summed E-state index contributed by atoms with van der Waals surface area (Å²) in [6.45, 7) is 5.97. The van der Waals surface area contributed by atoms with Crippen LogP contribution in [0.3, 0.4) is 0 Å². The van der Waals surface area contributed by atoms with Crippen LogP contribution in [0.4, 0.5) is 0 Å². The molecule has 2 rings (SSSR count). The molecule has 0 aromatic heterocycles. The topological polar surface area (TPSA) is 32.3 Å². The zero-order chi connectivity index (χ0) is 14.8. The fraction of sp³-hybridized carbons (Fsp3) is 0.625. The summed E-state index contributed by atoms with van der Waals surface area (Å²) in [6.07, 6.45) is 3.96. The molecule has 0 aliphatic heterocycles. The summed E-state index contributed by atoms with van der Waals surface area (Å²) in [5.74, 6) is 0. The van der Waals surface area contributed by atoms with Crippen molar-refractivity contribution in [3.63, 3.8) is 0 Å². The number of benzene rings is 1. The van der Waals surface area contributed by atoms with Gasteiger partial charge in [0.2, 0.25) is 0 Å². The Hall–Kier alpha value is -0.0900. The van der Waals surface area contributed by atoms with E-state index in [9.17, 15) is 5.11 Å². The lowest BCUT2D eigenvalue weighted by molar-refractivity contribution is -0.0245. The fourth-order valence-corrected chi connectivity index (χ4v) is 3.20. The van der Waals surface area contributed by atoms with E-state index in [-0.39, 0.29) is 0 Å². The van der Waals surface area contributed by atoms with Crippen LogP contribution >= 0.6 is 27.5 Å². The van der Waals surface area contributed by atoms with Crippen molar-refractivity contribution in [2.75, 3.05) is 6.54 Å². The molecule has 2 nitrogen and oxygen atoms in total. The molecule has 1 aromatic carbocycles. The highest BCUT2D eigenvalue weighted by Gasteiger charge is 2.36. The first-order chi connectivity index (χ1) is 9.30. The Bertz CT molecular complexity index is 466. The van der Waals surface area contributed by atoms with Gasteiger partial charge in [-0.2, -0.15) is 0 Å². The number of hydrogen-bond donors (Lipinski definition) is 2. The summed E-state index contributed by atoms with van der Waals surface area (Å²) >= 11 is 9.41. The molecule has 20 heavy (non-hydrogen) atoms. The summed E-state index contributed by atoms with van der Waals surface area (Å²) in [7, 11) is 0. The second kappa shape index (κ2) is 6.35. The van der Waals surface area contributed by atoms with Crippen molar-refractivity contribution < 1.29 is 5.11 Å². The molecule has 0 amide bonds. The highest BCUT2D eigenvalue weighted by atomic mass is 79.9. The Balaban J connectivity index is 1.82. The zero-order valence-corrected chi connectivity index (χ0v) is 14.5. The van der Waals surface area contributed by atoms with E-state index >= 15 is 0 Å². The maximum Gasteiger partial charge on any atom is 0.0772 e. The maximum absolute atomic E-state index is 10.6. The molecule has 0 bridgehead atoms. The van der Waals surface area contributed by atoms with Gasteiger partial charge in [0.05, 0.1) is 10.6 Å². The van der Waals surface area contributed by atoms with Crippen LogP contribution in [-0.2, 0) is 6.54 Å². The van der Waals surface area contributed by atoms with Gasteiger partial charge in [-0.15, -0.1) is 0 Å². The van der Waals surface area contributed by atoms with Crippen LogP contribution in [0.15, 0.2) is 22.7 Å². The molecule has 1 aliphatic rings. The number of hydrogen-bond acceptors (Lipinski definition) is 2. The van der Waals surface area contributed by atoms with Gasteiger partial charge >= 0.3 is 0 Å². The first-order valence-electron chi connectivity index (χ1n) is 7.17. The Morgan fingerprint density at radius 2 is 1.90 bits per heavy atom. The quantitative estimate of drug-likeness (QED) is 0.827. The molecule has 0 radical (unpaired) electrons. The van der Waals surface area contributed by atoms with Gasteiger partial charge in [0.15, 0.2) is 0 Å². The normalized spacial score (nSPS) is 20.9. The number of nitrogens with one attached hydrogen (secondary N) is 1. The van der Waals surface area contributed by atoms with Gasteiger partial charge in [-0.25, -0.2) is 0 Å². The molecule has 1 saturated carbocycles. The molecule has 0 atom stereocenters. The van der Waals surface area contributed by atoms with E-state index < -0.39 is 5.60 Å². The lowest BCUT2D eigenvalue weighted by atomic mass is 9.71. The molecule has 0 unspecified atom stereocenters. The van der Waals surface area contributed by atoms with E-state index in [1.165, 1.54) is 5.56 Å². The van der Waals surface area contributed by atoms with Crippen molar-refractivity contribution in [1.82, 2.24) is 5.32 Å². The van der Waals surface area contributed by atoms with Gasteiger partial charge in [-0.05, 0) is 64.7 Å². The Morgan fingerprint density at radius 3 is 2.50 bits per heavy atom. The van der Waals surface area contributed by atoms with Crippen molar-refractivity contribution in [3.8, 4) is 0 Å². The fourth-order valence-electron chi connectivity index (χ4n) is 2.66. The molecule has 1 aromatic rings. The highest BCUT2D eigenvalue weighted by molar-refractivity contribution is 9.10. The summed E-state index contributed by atoms with van der Waals surface area (Å²) in [4.78, 5) is 0. The molecule has 1 fully saturated rings. The second-order valence-corrected chi connectivity index (χ2v) is 8.00. The summed E-state index contributed by atoms with van der Waals surface area (Å²) in [5.41, 5.74) is 1.01. The van der Waals surface area contributed by atoms with E-state index in [0.29, 0.717) is 12.0 Å². The van der Waals surface area contributed by atoms with Gasteiger partial charge in [-0.3, -0.25) is 0 Å². The molecule has 0 spiro atoms. The standard InChI is InChI=1S/C16H23BrClNO/c1-15(2)5-7-16(20,8-6-15)11-19-10-12-3-4-14(18)13(17)9-12/h3-4,9,19-20H,5-8,10-11H2,1-2H3. The van der Waals surface area contributed by atoms with Gasteiger partial charge < -0.3 is 10.4 Å². The molecule has 2 N–H and O–H groups in total. The number of rotatable bonds is 4. The SMILES string of the molecule is CC1(C)CCC(O)(CNCc2ccc(Cl)c(Br)c2)CC1. The molecular weight excluding hydrogens is 338 g/mol. The summed E-state index contributed by atoms with van der Waals surface area (Å²) in [6, 6.07) is 5.91. The first kappa shape index (κ1) is 16.3. The third-order valence-corrected chi connectivity index (χ3v) is 5.52. The summed E-state index contributed by atoms with van der Waals surface area (Å²) in [5, 5.41) is 14.7. The van der Waals surface area contributed by atoms with Gasteiger partial charge in [0.25, 0.3) is 0 Å². The molecule has 1 aliphatic carbocycles. The summed E-state index contributed by atoms with van der Waals surface area (Å²) < 4.78 is 0.914. The number of aliphatic hydroxyl groups is 1. The lowest BCUT2D eigenvalue weighted by Gasteiger charge is -2.40. The van der Waals surface area contributed by atoms with E-state index in [2.05, 4.69) is 35.1 Å². The molecule has 0 saturated heterocycles. The van der Waals surface area contributed by atoms with Gasteiger partial charge in [-0.1, -0.05) is 31.5 Å². The molecule has 4 heteroatoms. The molecular formula is C16H23BrClNO. The highest BCUT2D eigenvalue weighted by Crippen LogP contribution is 2.39. The Labute approximate surface area is 135 Å². The monoisotopic (exact) mass is 359 g/mol. The van der Waals surface area contributed by atoms with Crippen LogP contribution in [0.1, 0.15) is 45.1 Å². The van der Waals surface area contributed by atoms with Crippen LogP contribution < -0.4 is 5.32 Å². The van der Waals surface area contributed by atoms with E-state index in [1.54, 1.807) is 0 Å². The Kier molecular flexibility index (Phi) is 5.17. The van der Waals surface area contributed by atoms with Crippen LogP contribution in [0.2, 0.25) is 5.02 Å². The van der Waals surface area contributed by atoms with Crippen LogP contribution in [0, 0.1) is 5.41 Å². The smallest absolute Gasteiger partial charge is 0.0772 e. The second-order valence-electron chi connectivity index (χ2n) is 6.74. The van der Waals surface area contributed by atoms with Gasteiger partial charge in [0, 0.05) is 17.6 Å². The molecule has 0 heterocycles. The average Bonchev–Trinajstić information content (AvgIpc) is 2.38. The first-order valence-corrected chi connectivity index (χ1v) is 8.34. The minimum Gasteiger partial charge on any atom is -0.389 e. The maximum atomic E-state index is 10.6. The van der Waals surface area contributed by atoms with Gasteiger partial charge in [0.1, 0.15) is 0 Å². The predicted molar refractivity (Wildman–Crippen MR) is 88.1 cm³/mol. The number of halogens is 2. The minimum absolute atomic E-state index is 0.382. The predicted octanol–water partition coefficient (Wildman–Crippen LogP) is 4.52. The average molecular weight is 361 g/mol. The lowest BCUT2D eigenvalue weighted by Crippen LogP contribution is -2.44. The van der Waals surface area contributed by atoms with Crippen molar-refractivity contribution >= 4 is 27.5 Å². The Morgan fingerprint density at radius 1 is 1.25 bits per heavy atom. The van der Waals surface area contributed by atoms with Crippen LogP contribution in [0.25, 0.3) is 0 Å². The largest absolute Gasteiger partial charge is 0.389 e. The third-order valence-electron chi connectivity index (χ3n) is 4.30. The van der Waals surface area contributed by atoms with Crippen LogP contribution in [0.5, 0.6) is 0 Å². The van der Waals surface area contributed by atoms with Crippen molar-refractivity contribution in [2.24, 2.45) is 5.41 Å². The zero-order valence-electron chi connectivity index (χ0n) is 12.2. The third kappa shape index (κ3) is 4.45. The van der Waals surface area contributed by atoms with E-state index in [4.69, 9.17) is 11.6 Å². The van der Waals surface area contributed by atoms with E-state index in [0.717, 1.165) is 41.7 Å². The van der Waals surface area contributed by atoms with Crippen LogP contribution in [-0.4, -0.2) is 17.3 Å². The molecule has 112 valence electrons.